The summed E-state index contributed by atoms with van der Waals surface area (Å²) in [5.41, 5.74) is 3.86. The zero-order valence-electron chi connectivity index (χ0n) is 18.5. The fourth-order valence-corrected chi connectivity index (χ4v) is 3.57. The lowest BCUT2D eigenvalue weighted by Gasteiger charge is -2.15. The Balaban J connectivity index is 1.60. The molecule has 0 radical (unpaired) electrons. The van der Waals surface area contributed by atoms with Gasteiger partial charge in [-0.3, -0.25) is 14.3 Å². The molecule has 0 aliphatic heterocycles. The van der Waals surface area contributed by atoms with Crippen LogP contribution in [0.1, 0.15) is 11.1 Å². The third-order valence-corrected chi connectivity index (χ3v) is 5.64. The highest BCUT2D eigenvalue weighted by atomic mass is 79.9. The first-order valence-corrected chi connectivity index (χ1v) is 11.2. The second-order valence-corrected chi connectivity index (χ2v) is 8.65. The van der Waals surface area contributed by atoms with Gasteiger partial charge in [-0.25, -0.2) is 10.2 Å². The van der Waals surface area contributed by atoms with Gasteiger partial charge in [0, 0.05) is 11.5 Å². The van der Waals surface area contributed by atoms with Crippen molar-refractivity contribution in [3.8, 4) is 5.75 Å². The van der Waals surface area contributed by atoms with E-state index in [1.54, 1.807) is 6.21 Å². The number of nitrogens with one attached hydrogen (secondary N) is 2. The van der Waals surface area contributed by atoms with Gasteiger partial charge < -0.3 is 14.4 Å². The molecule has 4 rings (SSSR count). The van der Waals surface area contributed by atoms with Crippen molar-refractivity contribution in [2.75, 3.05) is 12.0 Å². The van der Waals surface area contributed by atoms with Crippen LogP contribution in [-0.2, 0) is 13.6 Å². The Labute approximate surface area is 202 Å². The highest BCUT2D eigenvalue weighted by Gasteiger charge is 2.20. The average Bonchev–Trinajstić information content (AvgIpc) is 3.17. The lowest BCUT2D eigenvalue weighted by molar-refractivity contribution is 0.0938. The summed E-state index contributed by atoms with van der Waals surface area (Å²) >= 11 is 3.38. The lowest BCUT2D eigenvalue weighted by atomic mass is 10.2. The molecule has 0 saturated heterocycles. The third kappa shape index (κ3) is 5.26. The van der Waals surface area contributed by atoms with Gasteiger partial charge >= 0.3 is 5.69 Å². The Morgan fingerprint density at radius 1 is 1.21 bits per heavy atom. The Kier molecular flexibility index (Phi) is 6.94. The number of fused-ring (bicyclic) bond motifs is 1. The van der Waals surface area contributed by atoms with E-state index < -0.39 is 17.4 Å². The average molecular weight is 527 g/mol. The van der Waals surface area contributed by atoms with Crippen LogP contribution in [0, 0.1) is 6.92 Å². The number of H-pyrrole nitrogens is 1. The van der Waals surface area contributed by atoms with E-state index in [0.29, 0.717) is 5.75 Å². The maximum absolute atomic E-state index is 12.6. The zero-order valence-corrected chi connectivity index (χ0v) is 20.1. The van der Waals surface area contributed by atoms with Gasteiger partial charge in [-0.15, -0.1) is 0 Å². The SMILES string of the molecule is Cc1ccc(OCC(O)Cn2c(NN=Cc3ccc(Br)cc3)nc3c2c(=O)[nH]c(=O)n3C)cc1. The van der Waals surface area contributed by atoms with Crippen LogP contribution in [0.15, 0.2) is 67.7 Å². The van der Waals surface area contributed by atoms with Crippen LogP contribution in [0.5, 0.6) is 5.75 Å². The molecule has 176 valence electrons. The first-order valence-electron chi connectivity index (χ1n) is 10.4. The number of aryl methyl sites for hydroxylation is 2. The summed E-state index contributed by atoms with van der Waals surface area (Å²) in [6, 6.07) is 15.0. The van der Waals surface area contributed by atoms with Gasteiger partial charge in [0.2, 0.25) is 5.95 Å². The number of imidazole rings is 1. The highest BCUT2D eigenvalue weighted by Crippen LogP contribution is 2.17. The zero-order chi connectivity index (χ0) is 24.2. The number of hydrazone groups is 1. The van der Waals surface area contributed by atoms with Gasteiger partial charge in [0.15, 0.2) is 11.2 Å². The molecule has 0 amide bonds. The van der Waals surface area contributed by atoms with Gasteiger partial charge in [-0.2, -0.15) is 10.1 Å². The smallest absolute Gasteiger partial charge is 0.329 e. The predicted molar refractivity (Wildman–Crippen MR) is 134 cm³/mol. The van der Waals surface area contributed by atoms with Crippen LogP contribution in [0.2, 0.25) is 0 Å². The van der Waals surface area contributed by atoms with Crippen molar-refractivity contribution in [1.82, 2.24) is 19.1 Å². The topological polar surface area (TPSA) is 127 Å². The highest BCUT2D eigenvalue weighted by molar-refractivity contribution is 9.10. The largest absolute Gasteiger partial charge is 0.491 e. The number of rotatable bonds is 8. The Morgan fingerprint density at radius 2 is 1.91 bits per heavy atom. The van der Waals surface area contributed by atoms with Gasteiger partial charge in [-0.1, -0.05) is 45.8 Å². The molecule has 2 aromatic heterocycles. The summed E-state index contributed by atoms with van der Waals surface area (Å²) in [5.74, 6) is 0.822. The molecule has 0 bridgehead atoms. The van der Waals surface area contributed by atoms with Crippen molar-refractivity contribution < 1.29 is 9.84 Å². The van der Waals surface area contributed by atoms with Crippen molar-refractivity contribution in [3.63, 3.8) is 0 Å². The van der Waals surface area contributed by atoms with Crippen molar-refractivity contribution >= 4 is 39.3 Å². The van der Waals surface area contributed by atoms with E-state index in [-0.39, 0.29) is 30.3 Å². The number of aromatic amines is 1. The second-order valence-electron chi connectivity index (χ2n) is 7.74. The van der Waals surface area contributed by atoms with Gasteiger partial charge in [-0.05, 0) is 36.8 Å². The first kappa shape index (κ1) is 23.5. The Morgan fingerprint density at radius 3 is 2.62 bits per heavy atom. The van der Waals surface area contributed by atoms with E-state index in [9.17, 15) is 14.7 Å². The third-order valence-electron chi connectivity index (χ3n) is 5.11. The standard InChI is InChI=1S/C23H23BrN6O4/c1-14-3-9-18(10-4-14)34-13-17(31)12-30-19-20(29(2)23(33)27-21(19)32)26-22(30)28-25-11-15-5-7-16(24)8-6-15/h3-11,17,31H,12-13H2,1-2H3,(H,26,28)(H,27,32,33). The summed E-state index contributed by atoms with van der Waals surface area (Å²) in [5, 5.41) is 14.8. The van der Waals surface area contributed by atoms with Crippen LogP contribution in [-0.4, -0.2) is 43.1 Å². The molecule has 0 aliphatic carbocycles. The molecule has 0 spiro atoms. The Bertz CT molecular complexity index is 1440. The van der Waals surface area contributed by atoms with Gasteiger partial charge in [0.1, 0.15) is 18.5 Å². The molecule has 3 N–H and O–H groups in total. The fourth-order valence-electron chi connectivity index (χ4n) is 3.30. The summed E-state index contributed by atoms with van der Waals surface area (Å²) in [6.45, 7) is 1.95. The Hall–Kier alpha value is -3.70. The second kappa shape index (κ2) is 10.1. The number of hydrogen-bond acceptors (Lipinski definition) is 7. The number of aromatic nitrogens is 4. The first-order chi connectivity index (χ1) is 16.3. The molecular formula is C23H23BrN6O4. The number of benzene rings is 2. The lowest BCUT2D eigenvalue weighted by Crippen LogP contribution is -2.30. The summed E-state index contributed by atoms with van der Waals surface area (Å²) in [4.78, 5) is 31.3. The van der Waals surface area contributed by atoms with E-state index in [2.05, 4.69) is 36.4 Å². The molecule has 0 fully saturated rings. The molecule has 0 saturated carbocycles. The number of aliphatic hydroxyl groups excluding tert-OH is 1. The molecule has 10 nitrogen and oxygen atoms in total. The minimum Gasteiger partial charge on any atom is -0.491 e. The molecular weight excluding hydrogens is 504 g/mol. The van der Waals surface area contributed by atoms with E-state index in [1.165, 1.54) is 16.2 Å². The molecule has 4 aromatic rings. The van der Waals surface area contributed by atoms with Gasteiger partial charge in [0.25, 0.3) is 5.56 Å². The molecule has 1 unspecified atom stereocenters. The number of hydrogen-bond donors (Lipinski definition) is 3. The van der Waals surface area contributed by atoms with E-state index in [4.69, 9.17) is 4.74 Å². The van der Waals surface area contributed by atoms with E-state index in [1.807, 2.05) is 55.5 Å². The summed E-state index contributed by atoms with van der Waals surface area (Å²) in [6.07, 6.45) is 0.627. The van der Waals surface area contributed by atoms with Crippen LogP contribution in [0.3, 0.4) is 0 Å². The van der Waals surface area contributed by atoms with Crippen LogP contribution in [0.4, 0.5) is 5.95 Å². The number of aliphatic hydroxyl groups is 1. The maximum atomic E-state index is 12.6. The molecule has 1 atom stereocenters. The van der Waals surface area contributed by atoms with Crippen molar-refractivity contribution in [2.45, 2.75) is 19.6 Å². The number of nitrogens with zero attached hydrogens (tertiary/aromatic N) is 4. The molecule has 2 aromatic carbocycles. The number of ether oxygens (including phenoxy) is 1. The maximum Gasteiger partial charge on any atom is 0.329 e. The van der Waals surface area contributed by atoms with Crippen LogP contribution >= 0.6 is 15.9 Å². The van der Waals surface area contributed by atoms with Crippen molar-refractivity contribution in [1.29, 1.82) is 0 Å². The van der Waals surface area contributed by atoms with Gasteiger partial charge in [0.05, 0.1) is 12.8 Å². The molecule has 0 aliphatic rings. The predicted octanol–water partition coefficient (Wildman–Crippen LogP) is 2.38. The van der Waals surface area contributed by atoms with Crippen LogP contribution in [0.25, 0.3) is 11.2 Å². The normalized spacial score (nSPS) is 12.4. The van der Waals surface area contributed by atoms with Crippen molar-refractivity contribution in [3.05, 3.63) is 85.0 Å². The van der Waals surface area contributed by atoms with Crippen molar-refractivity contribution in [2.24, 2.45) is 12.1 Å². The molecule has 11 heteroatoms. The number of halogens is 1. The fraction of sp³-hybridized carbons (Fsp3) is 0.217. The van der Waals surface area contributed by atoms with E-state index >= 15 is 0 Å². The molecule has 34 heavy (non-hydrogen) atoms. The summed E-state index contributed by atoms with van der Waals surface area (Å²) in [7, 11) is 1.50. The number of anilines is 1. The molecule has 2 heterocycles. The summed E-state index contributed by atoms with van der Waals surface area (Å²) < 4.78 is 9.32. The van der Waals surface area contributed by atoms with E-state index in [0.717, 1.165) is 15.6 Å². The quantitative estimate of drug-likeness (QED) is 0.239. The van der Waals surface area contributed by atoms with Crippen LogP contribution < -0.4 is 21.4 Å². The minimum absolute atomic E-state index is 0.00595. The minimum atomic E-state index is -0.966. The monoisotopic (exact) mass is 526 g/mol.